The number of hydrogen-bond acceptors (Lipinski definition) is 4. The number of rotatable bonds is 4. The number of esters is 1. The van der Waals surface area contributed by atoms with Gasteiger partial charge in [-0.25, -0.2) is 4.79 Å². The van der Waals surface area contributed by atoms with E-state index in [1.165, 1.54) is 7.11 Å². The topological polar surface area (TPSA) is 52.6 Å². The van der Waals surface area contributed by atoms with E-state index in [2.05, 4.69) is 11.3 Å². The van der Waals surface area contributed by atoms with E-state index in [9.17, 15) is 9.59 Å². The monoisotopic (exact) mass is 366 g/mol. The highest BCUT2D eigenvalue weighted by molar-refractivity contribution is 6.44. The minimum Gasteiger partial charge on any atom is -0.480 e. The molecule has 0 heterocycles. The Bertz CT molecular complexity index is 782. The molecule has 0 aromatic heterocycles. The van der Waals surface area contributed by atoms with Crippen LogP contribution in [-0.4, -0.2) is 25.5 Å². The van der Waals surface area contributed by atoms with Gasteiger partial charge in [-0.1, -0.05) is 29.3 Å². The lowest BCUT2D eigenvalue weighted by molar-refractivity contribution is -0.142. The zero-order chi connectivity index (χ0) is 17.5. The van der Waals surface area contributed by atoms with Crippen molar-refractivity contribution in [2.45, 2.75) is 19.3 Å². The summed E-state index contributed by atoms with van der Waals surface area (Å²) < 4.78 is 9.99. The second kappa shape index (κ2) is 6.26. The van der Waals surface area contributed by atoms with E-state index >= 15 is 0 Å². The van der Waals surface area contributed by atoms with Crippen LogP contribution in [0.25, 0.3) is 5.57 Å². The maximum Gasteiger partial charge on any atom is 0.343 e. The SMILES string of the molecule is C=CC12CCC(=O)C=C1c1c(cc(OCC(=O)OC)c(Cl)c1Cl)C2. The smallest absolute Gasteiger partial charge is 0.343 e. The number of halogens is 2. The van der Waals surface area contributed by atoms with Crippen molar-refractivity contribution in [3.05, 3.63) is 46.0 Å². The zero-order valence-corrected chi connectivity index (χ0v) is 14.7. The van der Waals surface area contributed by atoms with Crippen LogP contribution in [-0.2, 0) is 20.7 Å². The molecule has 0 saturated carbocycles. The first kappa shape index (κ1) is 17.1. The molecule has 6 heteroatoms. The lowest BCUT2D eigenvalue weighted by Gasteiger charge is -2.30. The summed E-state index contributed by atoms with van der Waals surface area (Å²) in [6.45, 7) is 3.70. The van der Waals surface area contributed by atoms with Crippen molar-refractivity contribution in [1.29, 1.82) is 0 Å². The summed E-state index contributed by atoms with van der Waals surface area (Å²) in [4.78, 5) is 23.2. The number of benzene rings is 1. The second-order valence-electron chi connectivity index (χ2n) is 5.96. The van der Waals surface area contributed by atoms with Gasteiger partial charge in [-0.3, -0.25) is 4.79 Å². The number of ketones is 1. The van der Waals surface area contributed by atoms with Crippen LogP contribution in [0, 0.1) is 5.41 Å². The van der Waals surface area contributed by atoms with E-state index in [4.69, 9.17) is 27.9 Å². The summed E-state index contributed by atoms with van der Waals surface area (Å²) >= 11 is 12.8. The molecular formula is C18H16Cl2O4. The van der Waals surface area contributed by atoms with Gasteiger partial charge >= 0.3 is 5.97 Å². The van der Waals surface area contributed by atoms with E-state index < -0.39 is 5.97 Å². The largest absolute Gasteiger partial charge is 0.480 e. The van der Waals surface area contributed by atoms with Crippen molar-refractivity contribution in [3.8, 4) is 5.75 Å². The van der Waals surface area contributed by atoms with Gasteiger partial charge in [0.05, 0.1) is 12.1 Å². The first-order valence-corrected chi connectivity index (χ1v) is 8.27. The predicted molar refractivity (Wildman–Crippen MR) is 92.5 cm³/mol. The third-order valence-electron chi connectivity index (χ3n) is 4.65. The van der Waals surface area contributed by atoms with Gasteiger partial charge < -0.3 is 9.47 Å². The normalized spacial score (nSPS) is 21.6. The molecule has 0 spiro atoms. The molecule has 2 aliphatic carbocycles. The van der Waals surface area contributed by atoms with E-state index in [0.717, 1.165) is 16.7 Å². The first-order valence-electron chi connectivity index (χ1n) is 7.51. The Labute approximate surface area is 150 Å². The summed E-state index contributed by atoms with van der Waals surface area (Å²) in [5.41, 5.74) is 2.28. The molecule has 1 aromatic carbocycles. The third kappa shape index (κ3) is 2.64. The molecule has 0 saturated heterocycles. The number of allylic oxidation sites excluding steroid dienone is 3. The van der Waals surface area contributed by atoms with Gasteiger partial charge in [-0.15, -0.1) is 6.58 Å². The van der Waals surface area contributed by atoms with Crippen LogP contribution in [0.15, 0.2) is 24.8 Å². The molecule has 0 amide bonds. The third-order valence-corrected chi connectivity index (χ3v) is 5.50. The van der Waals surface area contributed by atoms with Gasteiger partial charge in [0.2, 0.25) is 0 Å². The Morgan fingerprint density at radius 1 is 1.42 bits per heavy atom. The van der Waals surface area contributed by atoms with Gasteiger partial charge in [-0.2, -0.15) is 0 Å². The van der Waals surface area contributed by atoms with E-state index in [-0.39, 0.29) is 22.8 Å². The molecule has 24 heavy (non-hydrogen) atoms. The summed E-state index contributed by atoms with van der Waals surface area (Å²) in [7, 11) is 1.28. The fraction of sp³-hybridized carbons (Fsp3) is 0.333. The Morgan fingerprint density at radius 3 is 2.83 bits per heavy atom. The predicted octanol–water partition coefficient (Wildman–Crippen LogP) is 4.02. The fourth-order valence-corrected chi connectivity index (χ4v) is 3.89. The Kier molecular flexibility index (Phi) is 4.45. The average molecular weight is 367 g/mol. The minimum atomic E-state index is -0.507. The Balaban J connectivity index is 2.06. The molecule has 0 bridgehead atoms. The highest BCUT2D eigenvalue weighted by Crippen LogP contribution is 2.56. The van der Waals surface area contributed by atoms with Crippen LogP contribution in [0.3, 0.4) is 0 Å². The molecule has 0 aliphatic heterocycles. The lowest BCUT2D eigenvalue weighted by atomic mass is 9.73. The van der Waals surface area contributed by atoms with Crippen LogP contribution in [0.1, 0.15) is 24.0 Å². The molecular weight excluding hydrogens is 351 g/mol. The van der Waals surface area contributed by atoms with Crippen molar-refractivity contribution >= 4 is 40.5 Å². The Morgan fingerprint density at radius 2 is 2.17 bits per heavy atom. The molecule has 1 unspecified atom stereocenters. The van der Waals surface area contributed by atoms with Crippen molar-refractivity contribution < 1.29 is 19.1 Å². The lowest BCUT2D eigenvalue weighted by Crippen LogP contribution is -2.23. The fourth-order valence-electron chi connectivity index (χ4n) is 3.37. The van der Waals surface area contributed by atoms with Crippen molar-refractivity contribution in [2.75, 3.05) is 13.7 Å². The van der Waals surface area contributed by atoms with Crippen molar-refractivity contribution in [3.63, 3.8) is 0 Å². The number of hydrogen-bond donors (Lipinski definition) is 0. The summed E-state index contributed by atoms with van der Waals surface area (Å²) in [6.07, 6.45) is 5.39. The van der Waals surface area contributed by atoms with Crippen molar-refractivity contribution in [1.82, 2.24) is 0 Å². The number of carbonyl (C=O) groups is 2. The second-order valence-corrected chi connectivity index (χ2v) is 6.72. The molecule has 1 aromatic rings. The van der Waals surface area contributed by atoms with Gasteiger partial charge in [0.1, 0.15) is 10.8 Å². The minimum absolute atomic E-state index is 0.0773. The van der Waals surface area contributed by atoms with Crippen LogP contribution < -0.4 is 4.74 Å². The van der Waals surface area contributed by atoms with Crippen molar-refractivity contribution in [2.24, 2.45) is 5.41 Å². The standard InChI is InChI=1S/C18H16Cl2O4/c1-3-18-5-4-11(21)7-12(18)15-10(8-18)6-13(16(19)17(15)20)24-9-14(22)23-2/h3,6-7H,1,4-5,8-9H2,2H3. The van der Waals surface area contributed by atoms with Crippen LogP contribution in [0.2, 0.25) is 10.0 Å². The molecule has 0 fully saturated rings. The van der Waals surface area contributed by atoms with Crippen LogP contribution >= 0.6 is 23.2 Å². The molecule has 4 nitrogen and oxygen atoms in total. The van der Waals surface area contributed by atoms with E-state index in [1.807, 2.05) is 6.08 Å². The van der Waals surface area contributed by atoms with Gasteiger partial charge in [0.25, 0.3) is 0 Å². The molecule has 0 radical (unpaired) electrons. The summed E-state index contributed by atoms with van der Waals surface area (Å²) in [5, 5.41) is 0.553. The Hall–Kier alpha value is -1.78. The van der Waals surface area contributed by atoms with E-state index in [1.54, 1.807) is 12.1 Å². The molecule has 1 atom stereocenters. The summed E-state index contributed by atoms with van der Waals surface area (Å²) in [5.74, 6) is -0.101. The molecule has 126 valence electrons. The maximum atomic E-state index is 11.9. The number of carbonyl (C=O) groups excluding carboxylic acids is 2. The number of ether oxygens (including phenoxy) is 2. The van der Waals surface area contributed by atoms with Gasteiger partial charge in [0, 0.05) is 17.4 Å². The molecule has 0 N–H and O–H groups in total. The van der Waals surface area contributed by atoms with Crippen LogP contribution in [0.4, 0.5) is 0 Å². The number of fused-ring (bicyclic) bond motifs is 3. The maximum absolute atomic E-state index is 11.9. The van der Waals surface area contributed by atoms with Crippen LogP contribution in [0.5, 0.6) is 5.75 Å². The van der Waals surface area contributed by atoms with E-state index in [0.29, 0.717) is 30.0 Å². The molecule has 3 rings (SSSR count). The summed E-state index contributed by atoms with van der Waals surface area (Å²) in [6, 6.07) is 1.78. The zero-order valence-electron chi connectivity index (χ0n) is 13.2. The average Bonchev–Trinajstić information content (AvgIpc) is 2.90. The highest BCUT2D eigenvalue weighted by Gasteiger charge is 2.44. The highest BCUT2D eigenvalue weighted by atomic mass is 35.5. The quantitative estimate of drug-likeness (QED) is 0.596. The number of methoxy groups -OCH3 is 1. The van der Waals surface area contributed by atoms with Gasteiger partial charge in [0.15, 0.2) is 12.4 Å². The van der Waals surface area contributed by atoms with Gasteiger partial charge in [-0.05, 0) is 36.1 Å². The first-order chi connectivity index (χ1) is 11.4. The molecule has 2 aliphatic rings.